The average Bonchev–Trinajstić information content (AvgIpc) is 3.22. The molecule has 9 heteroatoms. The first-order chi connectivity index (χ1) is 16.5. The van der Waals surface area contributed by atoms with E-state index in [0.29, 0.717) is 42.3 Å². The van der Waals surface area contributed by atoms with Crippen LogP contribution in [0.3, 0.4) is 0 Å². The van der Waals surface area contributed by atoms with E-state index in [2.05, 4.69) is 10.3 Å². The zero-order chi connectivity index (χ0) is 24.2. The van der Waals surface area contributed by atoms with E-state index in [0.717, 1.165) is 23.4 Å². The molecule has 34 heavy (non-hydrogen) atoms. The summed E-state index contributed by atoms with van der Waals surface area (Å²) in [7, 11) is 1.59. The number of hydrogen-bond acceptors (Lipinski definition) is 6. The number of methoxy groups -OCH3 is 1. The highest BCUT2D eigenvalue weighted by Crippen LogP contribution is 2.30. The van der Waals surface area contributed by atoms with Crippen LogP contribution in [0, 0.1) is 4.91 Å². The first-order valence-corrected chi connectivity index (χ1v) is 11.2. The minimum Gasteiger partial charge on any atom is -0.497 e. The molecule has 0 atom stereocenters. The summed E-state index contributed by atoms with van der Waals surface area (Å²) in [5.74, 6) is 0.467. The second-order valence-corrected chi connectivity index (χ2v) is 8.06. The van der Waals surface area contributed by atoms with Crippen molar-refractivity contribution in [2.45, 2.75) is 33.2 Å². The fraction of sp³-hybridized carbons (Fsp3) is 0.320. The Labute approximate surface area is 197 Å². The van der Waals surface area contributed by atoms with E-state index in [-0.39, 0.29) is 18.4 Å². The smallest absolute Gasteiger partial charge is 0.277 e. The Morgan fingerprint density at radius 2 is 1.79 bits per heavy atom. The third-order valence-electron chi connectivity index (χ3n) is 5.93. The lowest BCUT2D eigenvalue weighted by Crippen LogP contribution is -2.39. The number of fused-ring (bicyclic) bond motifs is 1. The van der Waals surface area contributed by atoms with Crippen molar-refractivity contribution in [2.75, 3.05) is 30.0 Å². The number of nitroso groups, excluding NO2 is 1. The van der Waals surface area contributed by atoms with Crippen LogP contribution in [0.2, 0.25) is 0 Å². The Morgan fingerprint density at radius 3 is 2.38 bits per heavy atom. The van der Waals surface area contributed by atoms with Gasteiger partial charge >= 0.3 is 0 Å². The molecule has 0 saturated carbocycles. The summed E-state index contributed by atoms with van der Waals surface area (Å²) < 4.78 is 6.81. The fourth-order valence-corrected chi connectivity index (χ4v) is 4.28. The molecule has 2 amide bonds. The van der Waals surface area contributed by atoms with E-state index >= 15 is 0 Å². The van der Waals surface area contributed by atoms with Gasteiger partial charge in [0.25, 0.3) is 5.91 Å². The van der Waals surface area contributed by atoms with Crippen LogP contribution in [-0.4, -0.2) is 41.8 Å². The van der Waals surface area contributed by atoms with Gasteiger partial charge in [0.1, 0.15) is 18.0 Å². The van der Waals surface area contributed by atoms with Crippen LogP contribution < -0.4 is 14.5 Å². The number of carbonyl (C=O) groups is 2. The first-order valence-electron chi connectivity index (χ1n) is 11.2. The molecule has 176 valence electrons. The summed E-state index contributed by atoms with van der Waals surface area (Å²) in [6.45, 7) is 4.57. The first kappa shape index (κ1) is 23.2. The van der Waals surface area contributed by atoms with Crippen molar-refractivity contribution in [1.29, 1.82) is 0 Å². The lowest BCUT2D eigenvalue weighted by atomic mass is 10.0. The maximum Gasteiger partial charge on any atom is 0.277 e. The molecule has 0 spiro atoms. The highest BCUT2D eigenvalue weighted by atomic mass is 16.5. The molecule has 4 rings (SSSR count). The minimum absolute atomic E-state index is 0.0204. The molecule has 2 aromatic carbocycles. The van der Waals surface area contributed by atoms with E-state index in [1.54, 1.807) is 40.6 Å². The Hall–Kier alpha value is -4.01. The van der Waals surface area contributed by atoms with E-state index in [1.807, 2.05) is 43.3 Å². The highest BCUT2D eigenvalue weighted by molar-refractivity contribution is 6.07. The SMILES string of the molecule is CCCN(C(C)=O)c1ccc(N2CCc3c(CN=O)nn(-c4ccc(OC)cc4)c3C2=O)cc1. The molecule has 0 fully saturated rings. The number of anilines is 2. The summed E-state index contributed by atoms with van der Waals surface area (Å²) in [4.78, 5) is 40.1. The number of benzene rings is 2. The van der Waals surface area contributed by atoms with Gasteiger partial charge in [0.05, 0.1) is 18.5 Å². The van der Waals surface area contributed by atoms with Crippen LogP contribution in [0.25, 0.3) is 5.69 Å². The highest BCUT2D eigenvalue weighted by Gasteiger charge is 2.33. The third-order valence-corrected chi connectivity index (χ3v) is 5.93. The van der Waals surface area contributed by atoms with E-state index in [9.17, 15) is 14.5 Å². The molecule has 0 bridgehead atoms. The van der Waals surface area contributed by atoms with Gasteiger partial charge < -0.3 is 14.5 Å². The summed E-state index contributed by atoms with van der Waals surface area (Å²) in [5, 5.41) is 7.56. The Morgan fingerprint density at radius 1 is 1.12 bits per heavy atom. The second-order valence-electron chi connectivity index (χ2n) is 8.06. The van der Waals surface area contributed by atoms with Crippen molar-refractivity contribution in [2.24, 2.45) is 5.18 Å². The average molecular weight is 462 g/mol. The molecular weight excluding hydrogens is 434 g/mol. The zero-order valence-electron chi connectivity index (χ0n) is 19.5. The lowest BCUT2D eigenvalue weighted by molar-refractivity contribution is -0.116. The van der Waals surface area contributed by atoms with Crippen LogP contribution in [0.5, 0.6) is 5.75 Å². The molecule has 3 aromatic rings. The normalized spacial score (nSPS) is 12.9. The number of carbonyl (C=O) groups excluding carboxylic acids is 2. The van der Waals surface area contributed by atoms with Crippen molar-refractivity contribution in [3.8, 4) is 11.4 Å². The molecule has 0 unspecified atom stereocenters. The van der Waals surface area contributed by atoms with Gasteiger partial charge in [-0.2, -0.15) is 10.0 Å². The van der Waals surface area contributed by atoms with Crippen LogP contribution >= 0.6 is 0 Å². The molecule has 0 N–H and O–H groups in total. The van der Waals surface area contributed by atoms with Gasteiger partial charge in [-0.25, -0.2) is 4.68 Å². The third kappa shape index (κ3) is 4.28. The predicted molar refractivity (Wildman–Crippen MR) is 130 cm³/mol. The van der Waals surface area contributed by atoms with Gasteiger partial charge in [-0.1, -0.05) is 12.1 Å². The van der Waals surface area contributed by atoms with Gasteiger partial charge in [-0.05, 0) is 61.4 Å². The summed E-state index contributed by atoms with van der Waals surface area (Å²) in [5.41, 5.74) is 3.91. The summed E-state index contributed by atoms with van der Waals surface area (Å²) >= 11 is 0. The van der Waals surface area contributed by atoms with Crippen molar-refractivity contribution < 1.29 is 14.3 Å². The Kier molecular flexibility index (Phi) is 6.72. The van der Waals surface area contributed by atoms with Gasteiger partial charge in [0.2, 0.25) is 5.91 Å². The molecular formula is C25H27N5O4. The predicted octanol–water partition coefficient (Wildman–Crippen LogP) is 4.11. The van der Waals surface area contributed by atoms with E-state index in [1.165, 1.54) is 0 Å². The molecule has 9 nitrogen and oxygen atoms in total. The van der Waals surface area contributed by atoms with Gasteiger partial charge in [-0.15, -0.1) is 0 Å². The number of amides is 2. The standard InChI is InChI=1S/C25H27N5O4/c1-4-14-28(17(2)31)18-5-7-19(8-6-18)29-15-13-22-23(16-26-33)27-30(24(22)25(29)32)20-9-11-21(34-3)12-10-20/h5-12H,4,13-16H2,1-3H3. The second kappa shape index (κ2) is 9.86. The van der Waals surface area contributed by atoms with Gasteiger partial charge in [0.15, 0.2) is 0 Å². The monoisotopic (exact) mass is 461 g/mol. The van der Waals surface area contributed by atoms with E-state index in [4.69, 9.17) is 4.74 Å². The maximum absolute atomic E-state index is 13.6. The fourth-order valence-electron chi connectivity index (χ4n) is 4.28. The van der Waals surface area contributed by atoms with E-state index < -0.39 is 0 Å². The zero-order valence-corrected chi connectivity index (χ0v) is 19.5. The topological polar surface area (TPSA) is 97.1 Å². The molecule has 0 saturated heterocycles. The van der Waals surface area contributed by atoms with Crippen molar-refractivity contribution >= 4 is 23.2 Å². The minimum atomic E-state index is -0.202. The van der Waals surface area contributed by atoms with Crippen LogP contribution in [-0.2, 0) is 17.8 Å². The molecule has 1 aliphatic rings. The maximum atomic E-state index is 13.6. The number of nitrogens with zero attached hydrogens (tertiary/aromatic N) is 5. The summed E-state index contributed by atoms with van der Waals surface area (Å²) in [6.07, 6.45) is 1.40. The molecule has 0 radical (unpaired) electrons. The molecule has 1 aromatic heterocycles. The quantitative estimate of drug-likeness (QED) is 0.470. The Bertz CT molecular complexity index is 1200. The number of aromatic nitrogens is 2. The number of ether oxygens (including phenoxy) is 1. The van der Waals surface area contributed by atoms with Crippen LogP contribution in [0.15, 0.2) is 53.7 Å². The van der Waals surface area contributed by atoms with Crippen molar-refractivity contribution in [1.82, 2.24) is 9.78 Å². The number of rotatable bonds is 8. The number of hydrogen-bond donors (Lipinski definition) is 0. The van der Waals surface area contributed by atoms with Crippen LogP contribution in [0.4, 0.5) is 11.4 Å². The largest absolute Gasteiger partial charge is 0.497 e. The molecule has 2 heterocycles. The van der Waals surface area contributed by atoms with Crippen LogP contribution in [0.1, 0.15) is 42.0 Å². The van der Waals surface area contributed by atoms with Gasteiger partial charge in [-0.3, -0.25) is 9.59 Å². The summed E-state index contributed by atoms with van der Waals surface area (Å²) in [6, 6.07) is 14.6. The molecule has 0 aliphatic carbocycles. The van der Waals surface area contributed by atoms with Crippen molar-refractivity contribution in [3.05, 3.63) is 70.4 Å². The van der Waals surface area contributed by atoms with Crippen molar-refractivity contribution in [3.63, 3.8) is 0 Å². The van der Waals surface area contributed by atoms with Gasteiger partial charge in [0, 0.05) is 37.0 Å². The Balaban J connectivity index is 1.69. The molecule has 1 aliphatic heterocycles. The lowest BCUT2D eigenvalue weighted by Gasteiger charge is -2.28.